The molecule has 3 aromatic rings. The standard InChI is InChI=1S/C24H26O14/c1-33-10-5-4-8(6-9(10)26)19-23(38-24-17(31)16(30)13(27)11(7-25)36-24)15(29)12-14(28)21(34-2)18(32)22(35-3)20(12)37-19/h4-6,11,13,16-17,24-28,30-32H,7H2,1-3H3/t11-,13-,16+,17-,24+/m1/s1. The lowest BCUT2D eigenvalue weighted by atomic mass is 9.99. The number of fused-ring (bicyclic) bond motifs is 1. The average Bonchev–Trinajstić information content (AvgIpc) is 2.90. The predicted molar refractivity (Wildman–Crippen MR) is 127 cm³/mol. The summed E-state index contributed by atoms with van der Waals surface area (Å²) < 4.78 is 32.1. The van der Waals surface area contributed by atoms with E-state index in [4.69, 9.17) is 28.1 Å². The average molecular weight is 538 g/mol. The molecule has 2 aromatic carbocycles. The number of phenolic OH excluding ortho intramolecular Hbond substituents is 3. The molecule has 0 spiro atoms. The molecule has 4 rings (SSSR count). The van der Waals surface area contributed by atoms with Gasteiger partial charge in [-0.2, -0.15) is 0 Å². The highest BCUT2D eigenvalue weighted by Crippen LogP contribution is 2.50. The molecule has 38 heavy (non-hydrogen) atoms. The Morgan fingerprint density at radius 1 is 0.868 bits per heavy atom. The van der Waals surface area contributed by atoms with E-state index in [-0.39, 0.29) is 28.6 Å². The zero-order valence-electron chi connectivity index (χ0n) is 20.3. The second-order valence-electron chi connectivity index (χ2n) is 8.26. The first-order valence-corrected chi connectivity index (χ1v) is 11.1. The minimum Gasteiger partial charge on any atom is -0.504 e. The highest BCUT2D eigenvalue weighted by Gasteiger charge is 2.45. The zero-order chi connectivity index (χ0) is 27.9. The summed E-state index contributed by atoms with van der Waals surface area (Å²) in [4.78, 5) is 13.8. The molecule has 1 saturated heterocycles. The molecule has 0 aliphatic carbocycles. The zero-order valence-corrected chi connectivity index (χ0v) is 20.3. The number of benzene rings is 2. The van der Waals surface area contributed by atoms with Crippen LogP contribution in [0, 0.1) is 0 Å². The number of phenols is 3. The molecule has 1 aliphatic heterocycles. The number of aromatic hydroxyl groups is 3. The predicted octanol–water partition coefficient (Wildman–Crippen LogP) is -0.219. The molecule has 14 heteroatoms. The molecule has 1 fully saturated rings. The summed E-state index contributed by atoms with van der Waals surface area (Å²) in [6, 6.07) is 3.91. The summed E-state index contributed by atoms with van der Waals surface area (Å²) in [5.41, 5.74) is -1.43. The van der Waals surface area contributed by atoms with Crippen molar-refractivity contribution in [1.82, 2.24) is 0 Å². The Labute approximate surface area is 214 Å². The number of hydrogen-bond acceptors (Lipinski definition) is 14. The number of rotatable bonds is 7. The molecule has 0 amide bonds. The molecule has 0 bridgehead atoms. The van der Waals surface area contributed by atoms with Crippen LogP contribution in [0.5, 0.6) is 40.2 Å². The first-order chi connectivity index (χ1) is 18.1. The van der Waals surface area contributed by atoms with Gasteiger partial charge >= 0.3 is 0 Å². The third-order valence-electron chi connectivity index (χ3n) is 6.09. The maximum absolute atomic E-state index is 13.8. The number of aliphatic hydroxyl groups excluding tert-OH is 4. The summed E-state index contributed by atoms with van der Waals surface area (Å²) in [5.74, 6) is -3.67. The van der Waals surface area contributed by atoms with Gasteiger partial charge in [-0.05, 0) is 18.2 Å². The van der Waals surface area contributed by atoms with Crippen molar-refractivity contribution >= 4 is 11.0 Å². The van der Waals surface area contributed by atoms with Gasteiger partial charge in [0.25, 0.3) is 0 Å². The van der Waals surface area contributed by atoms with E-state index in [0.29, 0.717) is 0 Å². The van der Waals surface area contributed by atoms with E-state index in [0.717, 1.165) is 7.11 Å². The quantitative estimate of drug-likeness (QED) is 0.207. The van der Waals surface area contributed by atoms with Gasteiger partial charge in [0, 0.05) is 5.56 Å². The Hall–Kier alpha value is -3.95. The fraction of sp³-hybridized carbons (Fsp3) is 0.375. The van der Waals surface area contributed by atoms with Crippen molar-refractivity contribution in [3.63, 3.8) is 0 Å². The lowest BCUT2D eigenvalue weighted by Crippen LogP contribution is -2.60. The van der Waals surface area contributed by atoms with Crippen LogP contribution in [0.3, 0.4) is 0 Å². The van der Waals surface area contributed by atoms with Crippen LogP contribution in [0.25, 0.3) is 22.3 Å². The molecule has 206 valence electrons. The van der Waals surface area contributed by atoms with Gasteiger partial charge in [0.2, 0.25) is 34.7 Å². The number of ether oxygens (including phenoxy) is 5. The second-order valence-corrected chi connectivity index (χ2v) is 8.26. The Morgan fingerprint density at radius 2 is 1.55 bits per heavy atom. The maximum Gasteiger partial charge on any atom is 0.239 e. The van der Waals surface area contributed by atoms with E-state index in [9.17, 15) is 40.5 Å². The molecule has 14 nitrogen and oxygen atoms in total. The molecule has 5 atom stereocenters. The van der Waals surface area contributed by atoms with Crippen molar-refractivity contribution < 1.29 is 63.8 Å². The molecular formula is C24H26O14. The fourth-order valence-electron chi connectivity index (χ4n) is 4.12. The molecule has 0 unspecified atom stereocenters. The molecular weight excluding hydrogens is 512 g/mol. The van der Waals surface area contributed by atoms with E-state index < -0.39 is 76.7 Å². The van der Waals surface area contributed by atoms with Crippen LogP contribution < -0.4 is 24.4 Å². The minimum atomic E-state index is -1.89. The van der Waals surface area contributed by atoms with Gasteiger partial charge in [0.15, 0.2) is 28.6 Å². The number of methoxy groups -OCH3 is 3. The van der Waals surface area contributed by atoms with Crippen LogP contribution in [0.4, 0.5) is 0 Å². The maximum atomic E-state index is 13.8. The minimum absolute atomic E-state index is 0.0405. The monoisotopic (exact) mass is 538 g/mol. The van der Waals surface area contributed by atoms with Crippen molar-refractivity contribution in [2.75, 3.05) is 27.9 Å². The molecule has 7 N–H and O–H groups in total. The first kappa shape index (κ1) is 27.1. The van der Waals surface area contributed by atoms with Gasteiger partial charge in [-0.1, -0.05) is 0 Å². The molecule has 1 aromatic heterocycles. The van der Waals surface area contributed by atoms with Crippen molar-refractivity contribution in [2.45, 2.75) is 30.7 Å². The van der Waals surface area contributed by atoms with E-state index in [1.54, 1.807) is 0 Å². The van der Waals surface area contributed by atoms with Crippen LogP contribution >= 0.6 is 0 Å². The SMILES string of the molecule is COc1ccc(-c2oc3c(OC)c(O)c(OC)c(O)c3c(=O)c2O[C@@H]2O[C@H](CO)[C@@H](O)[C@H](O)[C@H]2O)cc1O. The number of aliphatic hydroxyl groups is 4. The topological polar surface area (TPSA) is 218 Å². The van der Waals surface area contributed by atoms with Gasteiger partial charge in [-0.25, -0.2) is 0 Å². The van der Waals surface area contributed by atoms with E-state index in [1.165, 1.54) is 32.4 Å². The van der Waals surface area contributed by atoms with Crippen LogP contribution in [0.1, 0.15) is 0 Å². The summed E-state index contributed by atoms with van der Waals surface area (Å²) in [6.45, 7) is -0.759. The van der Waals surface area contributed by atoms with Gasteiger partial charge in [-0.3, -0.25) is 4.79 Å². The smallest absolute Gasteiger partial charge is 0.239 e. The van der Waals surface area contributed by atoms with E-state index >= 15 is 0 Å². The normalized spacial score (nSPS) is 23.3. The van der Waals surface area contributed by atoms with E-state index in [1.807, 2.05) is 0 Å². The van der Waals surface area contributed by atoms with Gasteiger partial charge in [0.05, 0.1) is 27.9 Å². The Balaban J connectivity index is 2.02. The van der Waals surface area contributed by atoms with Crippen molar-refractivity contribution in [3.8, 4) is 51.6 Å². The van der Waals surface area contributed by atoms with Gasteiger partial charge < -0.3 is 63.8 Å². The fourth-order valence-corrected chi connectivity index (χ4v) is 4.12. The summed E-state index contributed by atoms with van der Waals surface area (Å²) >= 11 is 0. The molecule has 2 heterocycles. The lowest BCUT2D eigenvalue weighted by molar-refractivity contribution is -0.277. The van der Waals surface area contributed by atoms with Crippen LogP contribution in [0.2, 0.25) is 0 Å². The summed E-state index contributed by atoms with van der Waals surface area (Å²) in [6.07, 6.45) is -8.57. The third-order valence-corrected chi connectivity index (χ3v) is 6.09. The van der Waals surface area contributed by atoms with Gasteiger partial charge in [-0.15, -0.1) is 0 Å². The van der Waals surface area contributed by atoms with Crippen LogP contribution in [0.15, 0.2) is 27.4 Å². The summed E-state index contributed by atoms with van der Waals surface area (Å²) in [7, 11) is 3.62. The second kappa shape index (κ2) is 10.4. The van der Waals surface area contributed by atoms with Crippen LogP contribution in [-0.2, 0) is 4.74 Å². The highest BCUT2D eigenvalue weighted by molar-refractivity contribution is 5.96. The largest absolute Gasteiger partial charge is 0.504 e. The van der Waals surface area contributed by atoms with E-state index in [2.05, 4.69) is 0 Å². The highest BCUT2D eigenvalue weighted by atomic mass is 16.7. The van der Waals surface area contributed by atoms with Crippen molar-refractivity contribution in [2.24, 2.45) is 0 Å². The Morgan fingerprint density at radius 3 is 2.13 bits per heavy atom. The Kier molecular flexibility index (Phi) is 7.44. The van der Waals surface area contributed by atoms with Gasteiger partial charge in [0.1, 0.15) is 29.8 Å². The number of hydrogen-bond donors (Lipinski definition) is 7. The first-order valence-electron chi connectivity index (χ1n) is 11.1. The third kappa shape index (κ3) is 4.27. The molecule has 0 saturated carbocycles. The van der Waals surface area contributed by atoms with Crippen molar-refractivity contribution in [1.29, 1.82) is 0 Å². The molecule has 1 aliphatic rings. The Bertz CT molecular complexity index is 1400. The van der Waals surface area contributed by atoms with Crippen molar-refractivity contribution in [3.05, 3.63) is 28.4 Å². The summed E-state index contributed by atoms with van der Waals surface area (Å²) in [5, 5.41) is 71.2. The van der Waals surface area contributed by atoms with Crippen LogP contribution in [-0.4, -0.2) is 94.4 Å². The lowest BCUT2D eigenvalue weighted by Gasteiger charge is -2.39. The molecule has 0 radical (unpaired) electrons.